The number of imide groups is 1. The second kappa shape index (κ2) is 6.23. The smallest absolute Gasteiger partial charge is 0.280 e. The molecule has 1 saturated carbocycles. The Morgan fingerprint density at radius 1 is 1.14 bits per heavy atom. The Kier molecular flexibility index (Phi) is 3.77. The van der Waals surface area contributed by atoms with Gasteiger partial charge in [0.15, 0.2) is 0 Å². The fourth-order valence-corrected chi connectivity index (χ4v) is 4.68. The molecule has 8 heteroatoms. The summed E-state index contributed by atoms with van der Waals surface area (Å²) >= 11 is 0. The molecule has 4 unspecified atom stereocenters. The number of amides is 2. The van der Waals surface area contributed by atoms with Gasteiger partial charge in [0.2, 0.25) is 0 Å². The summed E-state index contributed by atoms with van der Waals surface area (Å²) in [6.45, 7) is 1.78. The molecular weight excluding hydrogens is 374 g/mol. The van der Waals surface area contributed by atoms with E-state index in [0.717, 1.165) is 17.0 Å². The van der Waals surface area contributed by atoms with Crippen molar-refractivity contribution in [3.63, 3.8) is 0 Å². The molecule has 4 atom stereocenters. The van der Waals surface area contributed by atoms with E-state index in [4.69, 9.17) is 4.42 Å². The third-order valence-corrected chi connectivity index (χ3v) is 5.99. The number of allylic oxidation sites excluding steroid dienone is 2. The minimum Gasteiger partial charge on any atom is -0.455 e. The van der Waals surface area contributed by atoms with Crippen LogP contribution in [0.4, 0.5) is 5.69 Å². The number of hydrogen-bond donors (Lipinski definition) is 0. The Morgan fingerprint density at radius 3 is 2.48 bits per heavy atom. The predicted octanol–water partition coefficient (Wildman–Crippen LogP) is 3.30. The molecule has 2 aromatic rings. The fraction of sp³-hybridized carbons (Fsp3) is 0.286. The Bertz CT molecular complexity index is 1090. The number of furan rings is 1. The van der Waals surface area contributed by atoms with Crippen molar-refractivity contribution in [3.05, 3.63) is 63.9 Å². The maximum Gasteiger partial charge on any atom is 0.280 e. The molecule has 8 nitrogen and oxygen atoms in total. The monoisotopic (exact) mass is 391 g/mol. The standard InChI is InChI=1S/C21H17N3O5/c1-11-2-6-15(16(8-11)24(27)28)17-7-5-14(29-17)10-22-23-20(25)18-12-3-4-13(9-12)19(18)21(23)26/h2-8,10,12-13,18-19H,9H2,1H3. The zero-order valence-corrected chi connectivity index (χ0v) is 15.5. The average molecular weight is 391 g/mol. The van der Waals surface area contributed by atoms with Crippen LogP contribution in [0, 0.1) is 40.7 Å². The summed E-state index contributed by atoms with van der Waals surface area (Å²) in [7, 11) is 0. The van der Waals surface area contributed by atoms with E-state index in [1.165, 1.54) is 12.3 Å². The first-order valence-electron chi connectivity index (χ1n) is 9.39. The third-order valence-electron chi connectivity index (χ3n) is 5.99. The van der Waals surface area contributed by atoms with Crippen LogP contribution in [0.5, 0.6) is 0 Å². The lowest BCUT2D eigenvalue weighted by Crippen LogP contribution is -2.28. The molecule has 2 heterocycles. The maximum absolute atomic E-state index is 12.6. The van der Waals surface area contributed by atoms with Gasteiger partial charge in [-0.3, -0.25) is 19.7 Å². The largest absolute Gasteiger partial charge is 0.455 e. The van der Waals surface area contributed by atoms with Crippen LogP contribution in [0.15, 0.2) is 52.0 Å². The highest BCUT2D eigenvalue weighted by atomic mass is 16.6. The van der Waals surface area contributed by atoms with E-state index >= 15 is 0 Å². The van der Waals surface area contributed by atoms with Gasteiger partial charge >= 0.3 is 0 Å². The second-order valence-corrected chi connectivity index (χ2v) is 7.71. The number of carbonyl (C=O) groups excluding carboxylic acids is 2. The zero-order chi connectivity index (χ0) is 20.3. The van der Waals surface area contributed by atoms with Crippen molar-refractivity contribution in [1.29, 1.82) is 0 Å². The number of fused-ring (bicyclic) bond motifs is 5. The van der Waals surface area contributed by atoms with Crippen molar-refractivity contribution in [3.8, 4) is 11.3 Å². The van der Waals surface area contributed by atoms with E-state index < -0.39 is 4.92 Å². The predicted molar refractivity (Wildman–Crippen MR) is 103 cm³/mol. The van der Waals surface area contributed by atoms with Crippen LogP contribution >= 0.6 is 0 Å². The summed E-state index contributed by atoms with van der Waals surface area (Å²) in [6, 6.07) is 8.07. The minimum atomic E-state index is -0.457. The summed E-state index contributed by atoms with van der Waals surface area (Å²) in [6.07, 6.45) is 6.21. The summed E-state index contributed by atoms with van der Waals surface area (Å²) in [5.41, 5.74) is 1.07. The first kappa shape index (κ1) is 17.5. The molecule has 0 spiro atoms. The topological polar surface area (TPSA) is 106 Å². The number of rotatable bonds is 4. The van der Waals surface area contributed by atoms with Crippen molar-refractivity contribution >= 4 is 23.7 Å². The van der Waals surface area contributed by atoms with Crippen molar-refractivity contribution in [1.82, 2.24) is 5.01 Å². The molecule has 2 amide bonds. The number of nitro benzene ring substituents is 1. The second-order valence-electron chi connectivity index (χ2n) is 7.71. The number of hydrazone groups is 1. The van der Waals surface area contributed by atoms with Crippen molar-refractivity contribution < 1.29 is 18.9 Å². The Hall–Kier alpha value is -3.55. The lowest BCUT2D eigenvalue weighted by molar-refractivity contribution is -0.384. The maximum atomic E-state index is 12.6. The van der Waals surface area contributed by atoms with E-state index in [9.17, 15) is 19.7 Å². The van der Waals surface area contributed by atoms with E-state index in [0.29, 0.717) is 17.1 Å². The lowest BCUT2D eigenvalue weighted by atomic mass is 9.85. The number of nitro groups is 1. The van der Waals surface area contributed by atoms with Gasteiger partial charge in [0, 0.05) is 6.07 Å². The summed E-state index contributed by atoms with van der Waals surface area (Å²) < 4.78 is 5.66. The van der Waals surface area contributed by atoms with Gasteiger partial charge in [-0.05, 0) is 48.9 Å². The molecular formula is C21H17N3O5. The molecule has 0 radical (unpaired) electrons. The van der Waals surface area contributed by atoms with Crippen LogP contribution in [-0.4, -0.2) is 28.0 Å². The number of aryl methyl sites for hydroxylation is 1. The Morgan fingerprint density at radius 2 is 1.83 bits per heavy atom. The molecule has 2 fully saturated rings. The van der Waals surface area contributed by atoms with Gasteiger partial charge in [0.1, 0.15) is 11.5 Å². The molecule has 146 valence electrons. The number of carbonyl (C=O) groups is 2. The molecule has 2 aliphatic carbocycles. The SMILES string of the molecule is Cc1ccc(-c2ccc(C=NN3C(=O)C4C5C=CC(C5)C4C3=O)o2)c([N+](=O)[O-])c1. The van der Waals surface area contributed by atoms with E-state index in [1.54, 1.807) is 31.2 Å². The summed E-state index contributed by atoms with van der Waals surface area (Å²) in [4.78, 5) is 36.2. The third kappa shape index (κ3) is 2.63. The number of hydrogen-bond acceptors (Lipinski definition) is 6. The first-order valence-corrected chi connectivity index (χ1v) is 9.39. The summed E-state index contributed by atoms with van der Waals surface area (Å²) in [5.74, 6) is -0.292. The summed E-state index contributed by atoms with van der Waals surface area (Å²) in [5, 5.41) is 16.3. The van der Waals surface area contributed by atoms with Crippen LogP contribution in [0.3, 0.4) is 0 Å². The van der Waals surface area contributed by atoms with Gasteiger partial charge in [0.05, 0.1) is 28.5 Å². The van der Waals surface area contributed by atoms with Crippen LogP contribution in [0.25, 0.3) is 11.3 Å². The van der Waals surface area contributed by atoms with Crippen LogP contribution in [-0.2, 0) is 9.59 Å². The van der Waals surface area contributed by atoms with E-state index in [2.05, 4.69) is 5.10 Å². The Labute approximate surface area is 165 Å². The van der Waals surface area contributed by atoms with Crippen molar-refractivity contribution in [2.45, 2.75) is 13.3 Å². The van der Waals surface area contributed by atoms with E-state index in [1.807, 2.05) is 12.2 Å². The van der Waals surface area contributed by atoms with Gasteiger partial charge in [-0.1, -0.05) is 18.2 Å². The number of benzene rings is 1. The van der Waals surface area contributed by atoms with Gasteiger partial charge in [0.25, 0.3) is 17.5 Å². The van der Waals surface area contributed by atoms with Gasteiger partial charge in [-0.25, -0.2) is 0 Å². The van der Waals surface area contributed by atoms with Crippen LogP contribution in [0.1, 0.15) is 17.7 Å². The van der Waals surface area contributed by atoms with Crippen molar-refractivity contribution in [2.24, 2.45) is 28.8 Å². The quantitative estimate of drug-likeness (QED) is 0.261. The zero-order valence-electron chi connectivity index (χ0n) is 15.5. The van der Waals surface area contributed by atoms with Gasteiger partial charge < -0.3 is 4.42 Å². The molecule has 1 saturated heterocycles. The highest BCUT2D eigenvalue weighted by Gasteiger charge is 2.59. The normalized spacial score (nSPS) is 27.4. The molecule has 5 rings (SSSR count). The molecule has 3 aliphatic rings. The Balaban J connectivity index is 1.39. The molecule has 2 bridgehead atoms. The van der Waals surface area contributed by atoms with Crippen molar-refractivity contribution in [2.75, 3.05) is 0 Å². The first-order chi connectivity index (χ1) is 13.9. The fourth-order valence-electron chi connectivity index (χ4n) is 4.68. The molecule has 1 aromatic heterocycles. The lowest BCUT2D eigenvalue weighted by Gasteiger charge is -2.13. The molecule has 1 aliphatic heterocycles. The molecule has 0 N–H and O–H groups in total. The molecule has 1 aromatic carbocycles. The molecule has 29 heavy (non-hydrogen) atoms. The highest BCUT2D eigenvalue weighted by Crippen LogP contribution is 2.52. The number of nitrogens with zero attached hydrogens (tertiary/aromatic N) is 3. The highest BCUT2D eigenvalue weighted by molar-refractivity contribution is 6.06. The van der Waals surface area contributed by atoms with Crippen LogP contribution < -0.4 is 0 Å². The van der Waals surface area contributed by atoms with E-state index in [-0.39, 0.29) is 41.2 Å². The van der Waals surface area contributed by atoms with Gasteiger partial charge in [-0.2, -0.15) is 10.1 Å². The van der Waals surface area contributed by atoms with Gasteiger partial charge in [-0.15, -0.1) is 0 Å². The van der Waals surface area contributed by atoms with Crippen LogP contribution in [0.2, 0.25) is 0 Å². The average Bonchev–Trinajstić information content (AvgIpc) is 3.46. The minimum absolute atomic E-state index is 0.0523.